The molecule has 0 aliphatic carbocycles. The van der Waals surface area contributed by atoms with Gasteiger partial charge in [0, 0.05) is 5.75 Å². The maximum Gasteiger partial charge on any atom is 0.352 e. The van der Waals surface area contributed by atoms with E-state index >= 15 is 0 Å². The molecule has 0 spiro atoms. The molecule has 9 nitrogen and oxygen atoms in total. The van der Waals surface area contributed by atoms with E-state index in [2.05, 4.69) is 10.6 Å². The van der Waals surface area contributed by atoms with Gasteiger partial charge in [0.2, 0.25) is 11.8 Å². The first-order chi connectivity index (χ1) is 16.3. The second-order valence-electron chi connectivity index (χ2n) is 8.07. The van der Waals surface area contributed by atoms with Crippen molar-refractivity contribution < 1.29 is 24.3 Å². The van der Waals surface area contributed by atoms with Crippen molar-refractivity contribution in [3.8, 4) is 0 Å². The van der Waals surface area contributed by atoms with Crippen molar-refractivity contribution in [1.29, 1.82) is 0 Å². The van der Waals surface area contributed by atoms with Gasteiger partial charge in [-0.1, -0.05) is 60.7 Å². The SMILES string of the molecule is CC1=C(C(=O)O)N2C(=O)[C@@H](NC(=O)[C@H](NC(=O)[C@H](N)c3ccccc3)c3ccccc3)[C@@H]2SC1. The fourth-order valence-corrected chi connectivity index (χ4v) is 5.29. The van der Waals surface area contributed by atoms with Crippen LogP contribution in [0.3, 0.4) is 0 Å². The van der Waals surface area contributed by atoms with E-state index in [9.17, 15) is 24.3 Å². The molecule has 10 heteroatoms. The number of carboxylic acid groups (broad SMARTS) is 1. The largest absolute Gasteiger partial charge is 0.477 e. The number of hydrogen-bond acceptors (Lipinski definition) is 6. The first-order valence-electron chi connectivity index (χ1n) is 10.6. The fraction of sp³-hybridized carbons (Fsp3) is 0.250. The number of carbonyl (C=O) groups is 4. The molecule has 2 aromatic carbocycles. The van der Waals surface area contributed by atoms with Gasteiger partial charge >= 0.3 is 5.97 Å². The average Bonchev–Trinajstić information content (AvgIpc) is 2.85. The van der Waals surface area contributed by atoms with Gasteiger partial charge in [0.1, 0.15) is 29.2 Å². The third-order valence-electron chi connectivity index (χ3n) is 5.78. The number of rotatable bonds is 7. The van der Waals surface area contributed by atoms with Crippen molar-refractivity contribution >= 4 is 35.5 Å². The highest BCUT2D eigenvalue weighted by atomic mass is 32.2. The Balaban J connectivity index is 1.52. The van der Waals surface area contributed by atoms with E-state index in [1.165, 1.54) is 16.7 Å². The minimum atomic E-state index is -1.18. The molecule has 4 atom stereocenters. The smallest absolute Gasteiger partial charge is 0.352 e. The number of carbonyl (C=O) groups excluding carboxylic acids is 3. The fourth-order valence-electron chi connectivity index (χ4n) is 4.00. The van der Waals surface area contributed by atoms with E-state index in [4.69, 9.17) is 5.73 Å². The number of amides is 3. The molecule has 2 heterocycles. The molecule has 2 aromatic rings. The van der Waals surface area contributed by atoms with Gasteiger partial charge in [0.05, 0.1) is 0 Å². The normalized spacial score (nSPS) is 21.1. The number of carboxylic acids is 1. The third kappa shape index (κ3) is 4.42. The summed E-state index contributed by atoms with van der Waals surface area (Å²) in [7, 11) is 0. The highest BCUT2D eigenvalue weighted by Crippen LogP contribution is 2.40. The number of nitrogens with zero attached hydrogens (tertiary/aromatic N) is 1. The molecule has 176 valence electrons. The standard InChI is InChI=1S/C24H24N4O5S/c1-13-12-34-23-18(22(31)28(23)19(13)24(32)33)27-21(30)17(15-10-6-3-7-11-15)26-20(29)16(25)14-8-4-2-5-9-14/h2-11,16-18,23H,12,25H2,1H3,(H,26,29)(H,27,30)(H,32,33)/t16-,17-,18-,23+/m1/s1. The van der Waals surface area contributed by atoms with Crippen LogP contribution in [0.2, 0.25) is 0 Å². The van der Waals surface area contributed by atoms with Crippen LogP contribution in [0.4, 0.5) is 0 Å². The molecule has 5 N–H and O–H groups in total. The molecule has 0 radical (unpaired) electrons. The summed E-state index contributed by atoms with van der Waals surface area (Å²) in [6, 6.07) is 14.4. The first-order valence-corrected chi connectivity index (χ1v) is 11.7. The lowest BCUT2D eigenvalue weighted by atomic mass is 10.0. The molecular formula is C24H24N4O5S. The molecule has 1 saturated heterocycles. The van der Waals surface area contributed by atoms with Gasteiger partial charge in [-0.05, 0) is 23.6 Å². The minimum Gasteiger partial charge on any atom is -0.477 e. The Kier molecular flexibility index (Phi) is 6.71. The van der Waals surface area contributed by atoms with Crippen LogP contribution in [0.5, 0.6) is 0 Å². The lowest BCUT2D eigenvalue weighted by molar-refractivity contribution is -0.151. The van der Waals surface area contributed by atoms with Crippen molar-refractivity contribution in [2.45, 2.75) is 30.4 Å². The molecule has 0 saturated carbocycles. The van der Waals surface area contributed by atoms with E-state index in [0.717, 1.165) is 0 Å². The van der Waals surface area contributed by atoms with E-state index in [-0.39, 0.29) is 5.70 Å². The number of thioether (sulfide) groups is 1. The van der Waals surface area contributed by atoms with Gasteiger partial charge in [-0.3, -0.25) is 19.3 Å². The molecule has 0 bridgehead atoms. The zero-order valence-corrected chi connectivity index (χ0v) is 19.1. The number of nitrogens with two attached hydrogens (primary N) is 1. The Morgan fingerprint density at radius 3 is 2.21 bits per heavy atom. The van der Waals surface area contributed by atoms with Crippen molar-refractivity contribution in [2.24, 2.45) is 5.73 Å². The van der Waals surface area contributed by atoms with Crippen LogP contribution in [-0.4, -0.2) is 50.9 Å². The van der Waals surface area contributed by atoms with Crippen molar-refractivity contribution in [3.63, 3.8) is 0 Å². The molecule has 1 fully saturated rings. The number of β-lactam (4-membered cyclic amide) rings is 1. The second-order valence-corrected chi connectivity index (χ2v) is 9.18. The summed E-state index contributed by atoms with van der Waals surface area (Å²) >= 11 is 1.38. The molecule has 0 unspecified atom stereocenters. The predicted octanol–water partition coefficient (Wildman–Crippen LogP) is 1.30. The Labute approximate surface area is 200 Å². The number of nitrogens with one attached hydrogen (secondary N) is 2. The Morgan fingerprint density at radius 2 is 1.62 bits per heavy atom. The van der Waals surface area contributed by atoms with Gasteiger partial charge in [0.15, 0.2) is 0 Å². The van der Waals surface area contributed by atoms with E-state index in [0.29, 0.717) is 22.5 Å². The molecule has 0 aromatic heterocycles. The molecule has 34 heavy (non-hydrogen) atoms. The predicted molar refractivity (Wildman–Crippen MR) is 126 cm³/mol. The summed E-state index contributed by atoms with van der Waals surface area (Å²) in [4.78, 5) is 51.7. The van der Waals surface area contributed by atoms with Gasteiger partial charge in [0.25, 0.3) is 5.91 Å². The Morgan fingerprint density at radius 1 is 1.03 bits per heavy atom. The van der Waals surface area contributed by atoms with E-state index < -0.39 is 47.2 Å². The quantitative estimate of drug-likeness (QED) is 0.438. The van der Waals surface area contributed by atoms with Gasteiger partial charge in [-0.15, -0.1) is 11.8 Å². The average molecular weight is 481 g/mol. The van der Waals surface area contributed by atoms with Crippen LogP contribution < -0.4 is 16.4 Å². The summed E-state index contributed by atoms with van der Waals surface area (Å²) < 4.78 is 0. The molecule has 2 aliphatic heterocycles. The monoisotopic (exact) mass is 480 g/mol. The summed E-state index contributed by atoms with van der Waals surface area (Å²) in [6.45, 7) is 1.67. The second kappa shape index (κ2) is 9.70. The molecular weight excluding hydrogens is 456 g/mol. The third-order valence-corrected chi connectivity index (χ3v) is 7.21. The summed E-state index contributed by atoms with van der Waals surface area (Å²) in [5, 5.41) is 14.4. The van der Waals surface area contributed by atoms with Crippen molar-refractivity contribution in [3.05, 3.63) is 83.1 Å². The van der Waals surface area contributed by atoms with E-state index in [1.54, 1.807) is 61.5 Å². The number of fused-ring (bicyclic) bond motifs is 1. The van der Waals surface area contributed by atoms with E-state index in [1.807, 2.05) is 6.07 Å². The van der Waals surface area contributed by atoms with Crippen LogP contribution in [-0.2, 0) is 19.2 Å². The first kappa shape index (κ1) is 23.5. The summed E-state index contributed by atoms with van der Waals surface area (Å²) in [5.41, 5.74) is 7.77. The topological polar surface area (TPSA) is 142 Å². The van der Waals surface area contributed by atoms with Gasteiger partial charge in [-0.25, -0.2) is 4.79 Å². The maximum atomic E-state index is 13.3. The molecule has 4 rings (SSSR count). The number of benzene rings is 2. The minimum absolute atomic E-state index is 0.0407. The van der Waals surface area contributed by atoms with Crippen LogP contribution in [0.15, 0.2) is 71.9 Å². The highest BCUT2D eigenvalue weighted by Gasteiger charge is 2.54. The molecule has 3 amide bonds. The lowest BCUT2D eigenvalue weighted by Crippen LogP contribution is -2.71. The number of hydrogen-bond donors (Lipinski definition) is 4. The van der Waals surface area contributed by atoms with Crippen molar-refractivity contribution in [2.75, 3.05) is 5.75 Å². The van der Waals surface area contributed by atoms with Crippen molar-refractivity contribution in [1.82, 2.24) is 15.5 Å². The highest BCUT2D eigenvalue weighted by molar-refractivity contribution is 8.00. The van der Waals surface area contributed by atoms with Crippen LogP contribution in [0.1, 0.15) is 30.1 Å². The maximum absolute atomic E-state index is 13.3. The summed E-state index contributed by atoms with van der Waals surface area (Å²) in [6.07, 6.45) is 0. The van der Waals surface area contributed by atoms with Gasteiger partial charge < -0.3 is 21.5 Å². The van der Waals surface area contributed by atoms with Gasteiger partial charge in [-0.2, -0.15) is 0 Å². The Bertz CT molecular complexity index is 1150. The summed E-state index contributed by atoms with van der Waals surface area (Å²) in [5.74, 6) is -2.36. The zero-order chi connectivity index (χ0) is 24.4. The molecule has 2 aliphatic rings. The number of aliphatic carboxylic acids is 1. The Hall–Kier alpha value is -3.63. The van der Waals surface area contributed by atoms with Crippen LogP contribution >= 0.6 is 11.8 Å². The zero-order valence-electron chi connectivity index (χ0n) is 18.3. The lowest BCUT2D eigenvalue weighted by Gasteiger charge is -2.49. The van der Waals surface area contributed by atoms with Crippen LogP contribution in [0.25, 0.3) is 0 Å². The van der Waals surface area contributed by atoms with Crippen LogP contribution in [0, 0.1) is 0 Å².